The van der Waals surface area contributed by atoms with Crippen LogP contribution >= 0.6 is 0 Å². The van der Waals surface area contributed by atoms with E-state index >= 15 is 0 Å². The Balaban J connectivity index is 0. The van der Waals surface area contributed by atoms with E-state index in [-0.39, 0.29) is 5.97 Å². The lowest BCUT2D eigenvalue weighted by Crippen LogP contribution is -2.33. The monoisotopic (exact) mass is 189 g/mol. The highest BCUT2D eigenvalue weighted by Gasteiger charge is 2.04. The molecule has 0 saturated carbocycles. The van der Waals surface area contributed by atoms with Crippen LogP contribution < -0.4 is 5.32 Å². The second kappa shape index (κ2) is 11.4. The lowest BCUT2D eigenvalue weighted by Gasteiger charge is -2.14. The predicted octanol–water partition coefficient (Wildman–Crippen LogP) is 1.96. The lowest BCUT2D eigenvalue weighted by atomic mass is 10.2. The predicted molar refractivity (Wildman–Crippen MR) is 55.7 cm³/mol. The molecule has 0 radical (unpaired) electrons. The van der Waals surface area contributed by atoms with Crippen LogP contribution in [-0.4, -0.2) is 25.2 Å². The van der Waals surface area contributed by atoms with Gasteiger partial charge in [-0.3, -0.25) is 4.79 Å². The van der Waals surface area contributed by atoms with E-state index in [1.807, 2.05) is 20.8 Å². The number of hydrogen-bond donors (Lipinski definition) is 1. The highest BCUT2D eigenvalue weighted by molar-refractivity contribution is 5.65. The molecule has 0 fully saturated rings. The van der Waals surface area contributed by atoms with Crippen molar-refractivity contribution in [3.8, 4) is 0 Å². The summed E-state index contributed by atoms with van der Waals surface area (Å²) in [4.78, 5) is 10.4. The summed E-state index contributed by atoms with van der Waals surface area (Å²) in [5.41, 5.74) is 0. The zero-order valence-electron chi connectivity index (χ0n) is 9.52. The van der Waals surface area contributed by atoms with E-state index in [0.717, 1.165) is 13.0 Å². The minimum atomic E-state index is -0.207. The number of nitrogens with one attached hydrogen (secondary N) is 1. The van der Waals surface area contributed by atoms with Gasteiger partial charge < -0.3 is 10.1 Å². The fourth-order valence-corrected chi connectivity index (χ4v) is 0.828. The highest BCUT2D eigenvalue weighted by atomic mass is 16.5. The van der Waals surface area contributed by atoms with Crippen LogP contribution in [0.3, 0.4) is 0 Å². The summed E-state index contributed by atoms with van der Waals surface area (Å²) >= 11 is 0. The zero-order chi connectivity index (χ0) is 10.7. The van der Waals surface area contributed by atoms with Gasteiger partial charge in [0.25, 0.3) is 0 Å². The Labute approximate surface area is 81.9 Å². The van der Waals surface area contributed by atoms with Gasteiger partial charge in [0, 0.05) is 13.0 Å². The van der Waals surface area contributed by atoms with E-state index in [4.69, 9.17) is 4.74 Å². The van der Waals surface area contributed by atoms with Crippen molar-refractivity contribution in [2.24, 2.45) is 0 Å². The third kappa shape index (κ3) is 11.4. The van der Waals surface area contributed by atoms with Crippen LogP contribution in [0.15, 0.2) is 0 Å². The smallest absolute Gasteiger partial charge is 0.302 e. The summed E-state index contributed by atoms with van der Waals surface area (Å²) in [5.74, 6) is -0.207. The molecule has 1 N–H and O–H groups in total. The number of esters is 1. The highest BCUT2D eigenvalue weighted by Crippen LogP contribution is 1.91. The molecule has 0 aliphatic carbocycles. The molecule has 0 aromatic heterocycles. The summed E-state index contributed by atoms with van der Waals surface area (Å²) in [6, 6.07) is 0.309. The maximum atomic E-state index is 10.4. The molecule has 0 heterocycles. The first kappa shape index (κ1) is 14.9. The third-order valence-electron chi connectivity index (χ3n) is 1.47. The number of hydrogen-bond acceptors (Lipinski definition) is 3. The second-order valence-corrected chi connectivity index (χ2v) is 2.47. The van der Waals surface area contributed by atoms with Gasteiger partial charge in [-0.15, -0.1) is 0 Å². The average Bonchev–Trinajstić information content (AvgIpc) is 2.15. The van der Waals surface area contributed by atoms with Crippen molar-refractivity contribution in [1.29, 1.82) is 0 Å². The van der Waals surface area contributed by atoms with Gasteiger partial charge in [0.15, 0.2) is 0 Å². The van der Waals surface area contributed by atoms with Crippen LogP contribution in [0.2, 0.25) is 0 Å². The second-order valence-electron chi connectivity index (χ2n) is 2.47. The summed E-state index contributed by atoms with van der Waals surface area (Å²) in [6.45, 7) is 10.9. The normalized spacial score (nSPS) is 11.2. The molecule has 3 heteroatoms. The molecule has 0 saturated heterocycles. The fourth-order valence-electron chi connectivity index (χ4n) is 0.828. The minimum Gasteiger partial charge on any atom is -0.464 e. The van der Waals surface area contributed by atoms with Gasteiger partial charge >= 0.3 is 5.97 Å². The van der Waals surface area contributed by atoms with E-state index in [9.17, 15) is 4.79 Å². The van der Waals surface area contributed by atoms with Gasteiger partial charge in [0.05, 0.1) is 0 Å². The molecule has 0 spiro atoms. The van der Waals surface area contributed by atoms with Gasteiger partial charge in [-0.25, -0.2) is 0 Å². The van der Waals surface area contributed by atoms with E-state index < -0.39 is 0 Å². The molecule has 0 amide bonds. The Bertz CT molecular complexity index is 115. The first-order valence-corrected chi connectivity index (χ1v) is 5.07. The Morgan fingerprint density at radius 1 is 1.38 bits per heavy atom. The van der Waals surface area contributed by atoms with Crippen LogP contribution in [0.4, 0.5) is 0 Å². The molecule has 80 valence electrons. The van der Waals surface area contributed by atoms with Gasteiger partial charge in [-0.1, -0.05) is 27.7 Å². The standard InChI is InChI=1S/C8H17NO2.C2H6/c1-4-8(9-5-2)6-11-7(3)10;1-2/h8-9H,4-6H2,1-3H3;1-2H3. The van der Waals surface area contributed by atoms with Gasteiger partial charge in [0.2, 0.25) is 0 Å². The minimum absolute atomic E-state index is 0.207. The van der Waals surface area contributed by atoms with Gasteiger partial charge in [0.1, 0.15) is 6.61 Å². The number of likely N-dealkylation sites (N-methyl/N-ethyl adjacent to an activating group) is 1. The zero-order valence-corrected chi connectivity index (χ0v) is 9.52. The van der Waals surface area contributed by atoms with E-state index in [2.05, 4.69) is 12.2 Å². The summed E-state index contributed by atoms with van der Waals surface area (Å²) in [7, 11) is 0. The molecule has 0 bridgehead atoms. The van der Waals surface area contributed by atoms with Crippen molar-refractivity contribution in [3.05, 3.63) is 0 Å². The van der Waals surface area contributed by atoms with Crippen molar-refractivity contribution in [2.45, 2.75) is 47.1 Å². The Hall–Kier alpha value is -0.570. The molecule has 1 atom stereocenters. The Morgan fingerprint density at radius 3 is 2.23 bits per heavy atom. The molecular weight excluding hydrogens is 166 g/mol. The fraction of sp³-hybridized carbons (Fsp3) is 0.900. The van der Waals surface area contributed by atoms with Crippen LogP contribution in [-0.2, 0) is 9.53 Å². The first-order valence-electron chi connectivity index (χ1n) is 5.07. The molecule has 0 aromatic carbocycles. The number of ether oxygens (including phenoxy) is 1. The molecule has 0 rings (SSSR count). The molecule has 3 nitrogen and oxygen atoms in total. The number of carbonyl (C=O) groups is 1. The topological polar surface area (TPSA) is 38.3 Å². The molecule has 13 heavy (non-hydrogen) atoms. The van der Waals surface area contributed by atoms with Crippen LogP contribution in [0.5, 0.6) is 0 Å². The first-order chi connectivity index (χ1) is 6.20. The number of rotatable bonds is 5. The lowest BCUT2D eigenvalue weighted by molar-refractivity contribution is -0.141. The largest absolute Gasteiger partial charge is 0.464 e. The van der Waals surface area contributed by atoms with E-state index in [1.54, 1.807) is 0 Å². The SMILES string of the molecule is CC.CCNC(CC)COC(C)=O. The van der Waals surface area contributed by atoms with Crippen molar-refractivity contribution >= 4 is 5.97 Å². The molecular formula is C10H23NO2. The quantitative estimate of drug-likeness (QED) is 0.672. The van der Waals surface area contributed by atoms with Gasteiger partial charge in [-0.05, 0) is 13.0 Å². The van der Waals surface area contributed by atoms with E-state index in [0.29, 0.717) is 12.6 Å². The Morgan fingerprint density at radius 2 is 1.92 bits per heavy atom. The summed E-state index contributed by atoms with van der Waals surface area (Å²) in [5, 5.41) is 3.21. The van der Waals surface area contributed by atoms with Gasteiger partial charge in [-0.2, -0.15) is 0 Å². The van der Waals surface area contributed by atoms with Crippen molar-refractivity contribution in [1.82, 2.24) is 5.32 Å². The molecule has 0 aromatic rings. The van der Waals surface area contributed by atoms with Crippen LogP contribution in [0.1, 0.15) is 41.0 Å². The Kier molecular flexibility index (Phi) is 13.1. The summed E-state index contributed by atoms with van der Waals surface area (Å²) < 4.78 is 4.85. The third-order valence-corrected chi connectivity index (χ3v) is 1.47. The van der Waals surface area contributed by atoms with Crippen LogP contribution in [0.25, 0.3) is 0 Å². The van der Waals surface area contributed by atoms with Crippen molar-refractivity contribution in [2.75, 3.05) is 13.2 Å². The maximum absolute atomic E-state index is 10.4. The van der Waals surface area contributed by atoms with Crippen molar-refractivity contribution < 1.29 is 9.53 Å². The number of carbonyl (C=O) groups excluding carboxylic acids is 1. The summed E-state index contributed by atoms with van der Waals surface area (Å²) in [6.07, 6.45) is 0.987. The average molecular weight is 189 g/mol. The van der Waals surface area contributed by atoms with Crippen LogP contribution in [0, 0.1) is 0 Å². The molecule has 0 aliphatic rings. The molecule has 1 unspecified atom stereocenters. The van der Waals surface area contributed by atoms with Crippen molar-refractivity contribution in [3.63, 3.8) is 0 Å². The van der Waals surface area contributed by atoms with E-state index in [1.165, 1.54) is 6.92 Å². The molecule has 0 aliphatic heterocycles. The maximum Gasteiger partial charge on any atom is 0.302 e.